The van der Waals surface area contributed by atoms with Crippen LogP contribution in [-0.2, 0) is 6.54 Å². The molecule has 0 atom stereocenters. The Balaban J connectivity index is 2.02. The van der Waals surface area contributed by atoms with Crippen molar-refractivity contribution >= 4 is 23.3 Å². The third-order valence-electron chi connectivity index (χ3n) is 4.05. The highest BCUT2D eigenvalue weighted by molar-refractivity contribution is 8.00. The zero-order chi connectivity index (χ0) is 20.3. The van der Waals surface area contributed by atoms with Gasteiger partial charge in [0, 0.05) is 29.2 Å². The van der Waals surface area contributed by atoms with Gasteiger partial charge in [-0.3, -0.25) is 10.1 Å². The van der Waals surface area contributed by atoms with E-state index in [-0.39, 0.29) is 17.9 Å². The maximum absolute atomic E-state index is 13.9. The number of non-ortho nitro benzene ring substituents is 1. The van der Waals surface area contributed by atoms with E-state index >= 15 is 0 Å². The number of phenolic OH excluding ortho intramolecular Hbond substituents is 1. The van der Waals surface area contributed by atoms with Gasteiger partial charge in [0.25, 0.3) is 5.69 Å². The summed E-state index contributed by atoms with van der Waals surface area (Å²) in [6, 6.07) is 15.8. The molecule has 0 saturated carbocycles. The molecule has 8 heteroatoms. The minimum Gasteiger partial charge on any atom is -0.503 e. The van der Waals surface area contributed by atoms with E-state index in [4.69, 9.17) is 0 Å². The summed E-state index contributed by atoms with van der Waals surface area (Å²) in [7, 11) is 0. The Hall–Kier alpha value is -3.13. The van der Waals surface area contributed by atoms with Gasteiger partial charge in [-0.25, -0.2) is 8.78 Å². The molecule has 3 aromatic carbocycles. The number of hydrogen-bond donors (Lipinski definition) is 1. The van der Waals surface area contributed by atoms with Crippen molar-refractivity contribution < 1.29 is 18.8 Å². The topological polar surface area (TPSA) is 66.6 Å². The second kappa shape index (κ2) is 8.26. The molecule has 0 amide bonds. The van der Waals surface area contributed by atoms with Crippen LogP contribution < -0.4 is 4.31 Å². The number of nitrogens with zero attached hydrogens (tertiary/aromatic N) is 2. The smallest absolute Gasteiger partial charge is 0.270 e. The van der Waals surface area contributed by atoms with Crippen molar-refractivity contribution in [1.29, 1.82) is 0 Å². The predicted octanol–water partition coefficient (Wildman–Crippen LogP) is 5.60. The quantitative estimate of drug-likeness (QED) is 0.330. The highest BCUT2D eigenvalue weighted by Crippen LogP contribution is 2.36. The summed E-state index contributed by atoms with van der Waals surface area (Å²) in [6.07, 6.45) is 0. The first-order valence-electron chi connectivity index (χ1n) is 8.27. The van der Waals surface area contributed by atoms with Gasteiger partial charge in [-0.1, -0.05) is 36.4 Å². The summed E-state index contributed by atoms with van der Waals surface area (Å²) in [6.45, 7) is 2.09. The third kappa shape index (κ3) is 4.40. The normalized spacial score (nSPS) is 10.7. The number of halogens is 2. The largest absolute Gasteiger partial charge is 0.503 e. The van der Waals surface area contributed by atoms with Crippen molar-refractivity contribution in [3.8, 4) is 5.75 Å². The average Bonchev–Trinajstić information content (AvgIpc) is 2.67. The molecular weight excluding hydrogens is 386 g/mol. The van der Waals surface area contributed by atoms with Crippen LogP contribution in [0.25, 0.3) is 0 Å². The Morgan fingerprint density at radius 1 is 1.07 bits per heavy atom. The molecular formula is C20H16F2N2O3S. The predicted molar refractivity (Wildman–Crippen MR) is 104 cm³/mol. The van der Waals surface area contributed by atoms with Gasteiger partial charge in [-0.05, 0) is 30.0 Å². The van der Waals surface area contributed by atoms with E-state index < -0.39 is 22.3 Å². The number of nitro benzene ring substituents is 1. The molecule has 0 bridgehead atoms. The molecule has 3 rings (SSSR count). The molecule has 0 aliphatic rings. The first-order valence-corrected chi connectivity index (χ1v) is 9.05. The second-order valence-electron chi connectivity index (χ2n) is 6.08. The monoisotopic (exact) mass is 402 g/mol. The SMILES string of the molecule is Cc1ccc([N+](=O)[O-])cc1SN(Cc1ccccc1)c1cc(F)c(O)c(F)c1. The van der Waals surface area contributed by atoms with Crippen molar-refractivity contribution in [1.82, 2.24) is 0 Å². The van der Waals surface area contributed by atoms with Gasteiger partial charge in [-0.2, -0.15) is 0 Å². The number of hydrogen-bond acceptors (Lipinski definition) is 5. The van der Waals surface area contributed by atoms with Gasteiger partial charge >= 0.3 is 0 Å². The minimum absolute atomic E-state index is 0.0733. The Kier molecular flexibility index (Phi) is 5.79. The lowest BCUT2D eigenvalue weighted by atomic mass is 10.2. The van der Waals surface area contributed by atoms with E-state index in [1.54, 1.807) is 17.3 Å². The van der Waals surface area contributed by atoms with Crippen LogP contribution in [0.5, 0.6) is 5.75 Å². The summed E-state index contributed by atoms with van der Waals surface area (Å²) in [5, 5.41) is 20.5. The van der Waals surface area contributed by atoms with E-state index in [2.05, 4.69) is 0 Å². The Bertz CT molecular complexity index is 993. The number of phenols is 1. The maximum Gasteiger partial charge on any atom is 0.270 e. The van der Waals surface area contributed by atoms with Crippen LogP contribution in [0.4, 0.5) is 20.2 Å². The minimum atomic E-state index is -1.08. The lowest BCUT2D eigenvalue weighted by Crippen LogP contribution is -2.14. The van der Waals surface area contributed by atoms with E-state index in [0.717, 1.165) is 35.2 Å². The van der Waals surface area contributed by atoms with E-state index in [0.29, 0.717) is 4.90 Å². The summed E-state index contributed by atoms with van der Waals surface area (Å²) in [5.74, 6) is -3.20. The molecule has 0 saturated heterocycles. The lowest BCUT2D eigenvalue weighted by molar-refractivity contribution is -0.385. The Labute approximate surface area is 164 Å². The summed E-state index contributed by atoms with van der Waals surface area (Å²) in [5.41, 5.74) is 1.78. The van der Waals surface area contributed by atoms with E-state index in [9.17, 15) is 24.0 Å². The number of rotatable bonds is 6. The average molecular weight is 402 g/mol. The fraction of sp³-hybridized carbons (Fsp3) is 0.100. The summed E-state index contributed by atoms with van der Waals surface area (Å²) in [4.78, 5) is 11.2. The van der Waals surface area contributed by atoms with Crippen molar-refractivity contribution in [2.24, 2.45) is 0 Å². The number of nitro groups is 1. The Morgan fingerprint density at radius 3 is 2.32 bits per heavy atom. The number of aryl methyl sites for hydroxylation is 1. The second-order valence-corrected chi connectivity index (χ2v) is 7.14. The maximum atomic E-state index is 13.9. The Morgan fingerprint density at radius 2 is 1.71 bits per heavy atom. The van der Waals surface area contributed by atoms with Crippen LogP contribution in [-0.4, -0.2) is 10.0 Å². The molecule has 28 heavy (non-hydrogen) atoms. The van der Waals surface area contributed by atoms with E-state index in [1.165, 1.54) is 12.1 Å². The van der Waals surface area contributed by atoms with Gasteiger partial charge in [0.1, 0.15) is 0 Å². The van der Waals surface area contributed by atoms with Crippen molar-refractivity contribution in [2.45, 2.75) is 18.4 Å². The van der Waals surface area contributed by atoms with Crippen LogP contribution in [0.3, 0.4) is 0 Å². The molecule has 3 aromatic rings. The van der Waals surface area contributed by atoms with Crippen molar-refractivity contribution in [3.63, 3.8) is 0 Å². The number of anilines is 1. The molecule has 0 spiro atoms. The lowest BCUT2D eigenvalue weighted by Gasteiger charge is -2.24. The van der Waals surface area contributed by atoms with Gasteiger partial charge in [0.2, 0.25) is 0 Å². The first kappa shape index (κ1) is 19.6. The van der Waals surface area contributed by atoms with Gasteiger partial charge in [0.15, 0.2) is 17.4 Å². The molecule has 0 aliphatic carbocycles. The van der Waals surface area contributed by atoms with Gasteiger partial charge in [0.05, 0.1) is 17.2 Å². The van der Waals surface area contributed by atoms with Gasteiger partial charge in [-0.15, -0.1) is 0 Å². The molecule has 5 nitrogen and oxygen atoms in total. The van der Waals surface area contributed by atoms with Crippen LogP contribution in [0.15, 0.2) is 65.6 Å². The van der Waals surface area contributed by atoms with Gasteiger partial charge < -0.3 is 9.41 Å². The molecule has 0 fully saturated rings. The van der Waals surface area contributed by atoms with Crippen LogP contribution in [0.1, 0.15) is 11.1 Å². The standard InChI is InChI=1S/C20H16F2N2O3S/c1-13-7-8-15(24(26)27)11-19(13)28-23(12-14-5-3-2-4-6-14)16-9-17(21)20(25)18(22)10-16/h2-11,25H,12H2,1H3. The molecule has 0 aromatic heterocycles. The number of benzene rings is 3. The summed E-state index contributed by atoms with van der Waals surface area (Å²) >= 11 is 1.13. The van der Waals surface area contributed by atoms with Crippen LogP contribution in [0, 0.1) is 28.7 Å². The highest BCUT2D eigenvalue weighted by Gasteiger charge is 2.18. The summed E-state index contributed by atoms with van der Waals surface area (Å²) < 4.78 is 29.4. The molecule has 0 heterocycles. The van der Waals surface area contributed by atoms with Crippen LogP contribution in [0.2, 0.25) is 0 Å². The molecule has 144 valence electrons. The molecule has 0 aliphatic heterocycles. The van der Waals surface area contributed by atoms with Crippen molar-refractivity contribution in [2.75, 3.05) is 4.31 Å². The van der Waals surface area contributed by atoms with E-state index in [1.807, 2.05) is 30.3 Å². The number of aromatic hydroxyl groups is 1. The zero-order valence-electron chi connectivity index (χ0n) is 14.8. The first-order chi connectivity index (χ1) is 13.3. The zero-order valence-corrected chi connectivity index (χ0v) is 15.6. The third-order valence-corrected chi connectivity index (χ3v) is 5.25. The fourth-order valence-corrected chi connectivity index (χ4v) is 3.59. The molecule has 0 unspecified atom stereocenters. The van der Waals surface area contributed by atoms with Crippen molar-refractivity contribution in [3.05, 3.63) is 93.5 Å². The van der Waals surface area contributed by atoms with Crippen LogP contribution >= 0.6 is 11.9 Å². The molecule has 0 radical (unpaired) electrons. The molecule has 1 N–H and O–H groups in total. The fourth-order valence-electron chi connectivity index (χ4n) is 2.54. The highest BCUT2D eigenvalue weighted by atomic mass is 32.2.